The molecule has 0 aromatic rings. The van der Waals surface area contributed by atoms with Crippen LogP contribution >= 0.6 is 0 Å². The molecule has 0 spiro atoms. The predicted octanol–water partition coefficient (Wildman–Crippen LogP) is 0.796. The maximum absolute atomic E-state index is 9.37. The van der Waals surface area contributed by atoms with Crippen LogP contribution in [0.5, 0.6) is 0 Å². The summed E-state index contributed by atoms with van der Waals surface area (Å²) in [7, 11) is 0. The summed E-state index contributed by atoms with van der Waals surface area (Å²) in [5, 5.41) is 3.08. The Kier molecular flexibility index (Phi) is 4.25. The lowest BCUT2D eigenvalue weighted by Crippen LogP contribution is -1.76. The Balaban J connectivity index is 2.97. The Hall–Kier alpha value is -1.02. The second-order valence-corrected chi connectivity index (χ2v) is 0.849. The first-order chi connectivity index (χ1) is 3.41. The van der Waals surface area contributed by atoms with Crippen molar-refractivity contribution in [1.82, 2.24) is 0 Å². The number of rotatable bonds is 3. The van der Waals surface area contributed by atoms with Crippen molar-refractivity contribution in [3.8, 4) is 0 Å². The molecule has 0 aromatic carbocycles. The summed E-state index contributed by atoms with van der Waals surface area (Å²) in [5.74, 6) is 0. The van der Waals surface area contributed by atoms with Crippen LogP contribution in [-0.4, -0.2) is 12.8 Å². The summed E-state index contributed by atoms with van der Waals surface area (Å²) in [5.41, 5.74) is 7.62. The normalized spacial score (nSPS) is 6.86. The topological polar surface area (TPSA) is 65.8 Å². The molecule has 37 valence electrons. The van der Waals surface area contributed by atoms with Crippen LogP contribution in [0.25, 0.3) is 10.4 Å². The predicted molar refractivity (Wildman–Crippen MR) is 24.3 cm³/mol. The van der Waals surface area contributed by atoms with Crippen LogP contribution in [0.1, 0.15) is 6.42 Å². The van der Waals surface area contributed by atoms with Gasteiger partial charge in [0, 0.05) is 17.9 Å². The molecule has 0 N–H and O–H groups in total. The van der Waals surface area contributed by atoms with Crippen LogP contribution < -0.4 is 0 Å². The van der Waals surface area contributed by atoms with Crippen molar-refractivity contribution >= 4 is 6.29 Å². The second kappa shape index (κ2) is 4.98. The van der Waals surface area contributed by atoms with Crippen molar-refractivity contribution in [1.29, 1.82) is 0 Å². The van der Waals surface area contributed by atoms with Gasteiger partial charge in [0.25, 0.3) is 0 Å². The van der Waals surface area contributed by atoms with Crippen molar-refractivity contribution in [3.05, 3.63) is 10.4 Å². The molecule has 0 rings (SSSR count). The molecule has 0 fully saturated rings. The van der Waals surface area contributed by atoms with Gasteiger partial charge in [0.05, 0.1) is 0 Å². The largest absolute Gasteiger partial charge is 0.291 e. The van der Waals surface area contributed by atoms with E-state index in [1.165, 1.54) is 0 Å². The van der Waals surface area contributed by atoms with Gasteiger partial charge in [-0.05, 0) is 5.53 Å². The summed E-state index contributed by atoms with van der Waals surface area (Å²) in [4.78, 5) is 11.8. The number of nitrogens with zero attached hydrogens (tertiary/aromatic N) is 3. The Morgan fingerprint density at radius 1 is 1.86 bits per heavy atom. The first-order valence-electron chi connectivity index (χ1n) is 1.77. The van der Waals surface area contributed by atoms with Gasteiger partial charge in [0.1, 0.15) is 0 Å². The summed E-state index contributed by atoms with van der Waals surface area (Å²) in [6.07, 6.45) is 1.79. The van der Waals surface area contributed by atoms with Crippen molar-refractivity contribution in [2.45, 2.75) is 6.42 Å². The van der Waals surface area contributed by atoms with Crippen LogP contribution in [0.15, 0.2) is 5.11 Å². The third-order valence-corrected chi connectivity index (χ3v) is 0.377. The summed E-state index contributed by atoms with van der Waals surface area (Å²) in [6.45, 7) is 0.222. The average Bonchev–Trinajstić information content (AvgIpc) is 1.69. The van der Waals surface area contributed by atoms with Gasteiger partial charge in [-0.15, -0.1) is 0 Å². The van der Waals surface area contributed by atoms with E-state index in [0.717, 1.165) is 0 Å². The van der Waals surface area contributed by atoms with E-state index >= 15 is 0 Å². The van der Waals surface area contributed by atoms with E-state index in [0.29, 0.717) is 0 Å². The van der Waals surface area contributed by atoms with Gasteiger partial charge < -0.3 is 0 Å². The monoisotopic (exact) mass is 98.0 g/mol. The number of hydrogen-bond donors (Lipinski definition) is 0. The van der Waals surface area contributed by atoms with E-state index in [2.05, 4.69) is 10.0 Å². The number of azide groups is 1. The lowest BCUT2D eigenvalue weighted by molar-refractivity contribution is 0.552. The van der Waals surface area contributed by atoms with Gasteiger partial charge in [0.2, 0.25) is 0 Å². The average molecular weight is 98.1 g/mol. The third-order valence-electron chi connectivity index (χ3n) is 0.377. The Labute approximate surface area is 40.8 Å². The lowest BCUT2D eigenvalue weighted by atomic mass is 10.5. The Morgan fingerprint density at radius 3 is 3.00 bits per heavy atom. The molecule has 0 heterocycles. The first-order valence-corrected chi connectivity index (χ1v) is 1.77. The summed E-state index contributed by atoms with van der Waals surface area (Å²) >= 11 is 0. The zero-order valence-corrected chi connectivity index (χ0v) is 3.66. The van der Waals surface area contributed by atoms with Crippen molar-refractivity contribution in [2.75, 3.05) is 6.54 Å². The van der Waals surface area contributed by atoms with Crippen LogP contribution in [0.3, 0.4) is 0 Å². The minimum atomic E-state index is 0.198. The highest BCUT2D eigenvalue weighted by molar-refractivity contribution is 5.50. The van der Waals surface area contributed by atoms with Crippen LogP contribution in [0, 0.1) is 0 Å². The van der Waals surface area contributed by atoms with Gasteiger partial charge in [0.15, 0.2) is 6.29 Å². The Bertz CT molecular complexity index is 94.4. The maximum atomic E-state index is 9.37. The molecule has 7 heavy (non-hydrogen) atoms. The SMILES string of the molecule is [N-]=[N+]=NCC[C]=O. The number of hydrogen-bond acceptors (Lipinski definition) is 2. The second-order valence-electron chi connectivity index (χ2n) is 0.849. The van der Waals surface area contributed by atoms with Gasteiger partial charge in [-0.3, -0.25) is 4.79 Å². The molecule has 0 saturated carbocycles. The van der Waals surface area contributed by atoms with Gasteiger partial charge in [-0.1, -0.05) is 5.11 Å². The van der Waals surface area contributed by atoms with E-state index in [1.807, 2.05) is 0 Å². The fourth-order valence-corrected chi connectivity index (χ4v) is 0.140. The minimum absolute atomic E-state index is 0.198. The third kappa shape index (κ3) is 4.98. The quantitative estimate of drug-likeness (QED) is 0.223. The molecule has 0 aliphatic heterocycles. The van der Waals surface area contributed by atoms with Gasteiger partial charge in [-0.2, -0.15) is 0 Å². The molecule has 0 aliphatic rings. The molecule has 0 saturated heterocycles. The molecule has 0 unspecified atom stereocenters. The van der Waals surface area contributed by atoms with E-state index in [-0.39, 0.29) is 13.0 Å². The van der Waals surface area contributed by atoms with E-state index < -0.39 is 0 Å². The molecule has 0 atom stereocenters. The molecule has 0 amide bonds. The van der Waals surface area contributed by atoms with Crippen LogP contribution in [0.2, 0.25) is 0 Å². The van der Waals surface area contributed by atoms with Crippen molar-refractivity contribution in [2.24, 2.45) is 5.11 Å². The van der Waals surface area contributed by atoms with E-state index in [9.17, 15) is 4.79 Å². The molecule has 0 aromatic heterocycles. The Morgan fingerprint density at radius 2 is 2.57 bits per heavy atom. The molecule has 1 radical (unpaired) electrons. The molecule has 4 nitrogen and oxygen atoms in total. The van der Waals surface area contributed by atoms with E-state index in [4.69, 9.17) is 5.53 Å². The van der Waals surface area contributed by atoms with Gasteiger partial charge >= 0.3 is 0 Å². The first kappa shape index (κ1) is 5.98. The summed E-state index contributed by atoms with van der Waals surface area (Å²) in [6, 6.07) is 0. The fraction of sp³-hybridized carbons (Fsp3) is 0.667. The van der Waals surface area contributed by atoms with Crippen LogP contribution in [0.4, 0.5) is 0 Å². The van der Waals surface area contributed by atoms with Gasteiger partial charge in [-0.25, -0.2) is 0 Å². The molecule has 0 bridgehead atoms. The van der Waals surface area contributed by atoms with E-state index in [1.54, 1.807) is 6.29 Å². The minimum Gasteiger partial charge on any atom is -0.291 e. The summed E-state index contributed by atoms with van der Waals surface area (Å²) < 4.78 is 0. The highest BCUT2D eigenvalue weighted by Gasteiger charge is 1.75. The molecule has 0 aliphatic carbocycles. The molecule has 4 heteroatoms. The van der Waals surface area contributed by atoms with Crippen molar-refractivity contribution < 1.29 is 4.79 Å². The molecular formula is C3H4N3O. The lowest BCUT2D eigenvalue weighted by Gasteiger charge is -1.70. The number of carbonyl (C=O) groups excluding carboxylic acids is 1. The smallest absolute Gasteiger partial charge is 0.198 e. The zero-order valence-electron chi connectivity index (χ0n) is 3.66. The maximum Gasteiger partial charge on any atom is 0.198 e. The molecular weight excluding hydrogens is 94.1 g/mol. The highest BCUT2D eigenvalue weighted by atomic mass is 16.1. The highest BCUT2D eigenvalue weighted by Crippen LogP contribution is 1.73. The van der Waals surface area contributed by atoms with Crippen molar-refractivity contribution in [3.63, 3.8) is 0 Å². The van der Waals surface area contributed by atoms with Crippen LogP contribution in [-0.2, 0) is 4.79 Å². The fourth-order valence-electron chi connectivity index (χ4n) is 0.140. The standard InChI is InChI=1S/C3H4N3O/c4-6-5-2-1-3-7/h1-2H2. The zero-order chi connectivity index (χ0) is 5.54.